The van der Waals surface area contributed by atoms with Gasteiger partial charge in [-0.05, 0) is 73.0 Å². The zero-order valence-corrected chi connectivity index (χ0v) is 23.4. The van der Waals surface area contributed by atoms with Crippen LogP contribution in [0.5, 0.6) is 5.75 Å². The summed E-state index contributed by atoms with van der Waals surface area (Å²) in [7, 11) is 0. The van der Waals surface area contributed by atoms with Gasteiger partial charge in [-0.2, -0.15) is 10.4 Å². The van der Waals surface area contributed by atoms with E-state index in [4.69, 9.17) is 21.4 Å². The summed E-state index contributed by atoms with van der Waals surface area (Å²) in [5.41, 5.74) is 4.04. The van der Waals surface area contributed by atoms with Gasteiger partial charge in [0.1, 0.15) is 17.4 Å². The number of hydrogen-bond donors (Lipinski definition) is 0. The predicted molar refractivity (Wildman–Crippen MR) is 158 cm³/mol. The second-order valence-corrected chi connectivity index (χ2v) is 9.95. The minimum Gasteiger partial charge on any atom is -0.494 e. The van der Waals surface area contributed by atoms with Crippen LogP contribution < -0.4 is 4.74 Å². The second kappa shape index (κ2) is 12.1. The molecule has 0 radical (unpaired) electrons. The Hall–Kier alpha value is -4.93. The summed E-state index contributed by atoms with van der Waals surface area (Å²) in [6.07, 6.45) is 4.44. The monoisotopic (exact) mass is 562 g/mol. The van der Waals surface area contributed by atoms with Gasteiger partial charge in [0.05, 0.1) is 24.5 Å². The van der Waals surface area contributed by atoms with Crippen molar-refractivity contribution in [2.75, 3.05) is 6.61 Å². The molecule has 1 aliphatic heterocycles. The standard InChI is InChI=1S/C33H27ClN4O3/c1-3-17-41-27-15-13-23(14-16-27)31-25(21-38(36-31)26-10-5-4-6-11-26)18-28-22(2)29(19-35)33(40)37(32(28)39)20-24-9-7-8-12-30(24)34/h4-16,18,21H,3,17,20H2,1-2H3/b28-18+. The molecule has 41 heavy (non-hydrogen) atoms. The Balaban J connectivity index is 1.62. The van der Waals surface area contributed by atoms with Crippen molar-refractivity contribution >= 4 is 29.5 Å². The van der Waals surface area contributed by atoms with Gasteiger partial charge in [0.25, 0.3) is 11.8 Å². The van der Waals surface area contributed by atoms with Crippen molar-refractivity contribution in [2.24, 2.45) is 0 Å². The van der Waals surface area contributed by atoms with Crippen molar-refractivity contribution in [3.8, 4) is 28.8 Å². The molecule has 1 aromatic heterocycles. The molecule has 0 N–H and O–H groups in total. The maximum absolute atomic E-state index is 13.8. The van der Waals surface area contributed by atoms with Gasteiger partial charge < -0.3 is 4.74 Å². The van der Waals surface area contributed by atoms with Gasteiger partial charge in [0, 0.05) is 27.9 Å². The lowest BCUT2D eigenvalue weighted by Gasteiger charge is -2.27. The van der Waals surface area contributed by atoms with E-state index in [1.807, 2.05) is 73.8 Å². The van der Waals surface area contributed by atoms with Gasteiger partial charge in [0.2, 0.25) is 0 Å². The van der Waals surface area contributed by atoms with Gasteiger partial charge in [-0.3, -0.25) is 14.5 Å². The molecule has 5 rings (SSSR count). The molecule has 0 aliphatic carbocycles. The third-order valence-corrected chi connectivity index (χ3v) is 7.14. The SMILES string of the molecule is CCCOc1ccc(-c2nn(-c3ccccc3)cc2/C=C2/C(=O)N(Cc3ccccc3Cl)C(=O)C(C#N)=C2C)cc1. The van der Waals surface area contributed by atoms with Crippen LogP contribution in [0.3, 0.4) is 0 Å². The van der Waals surface area contributed by atoms with Crippen molar-refractivity contribution in [3.63, 3.8) is 0 Å². The molecule has 0 bridgehead atoms. The first-order valence-electron chi connectivity index (χ1n) is 13.2. The number of hydrogen-bond acceptors (Lipinski definition) is 5. The Morgan fingerprint density at radius 2 is 1.68 bits per heavy atom. The summed E-state index contributed by atoms with van der Waals surface area (Å²) in [4.78, 5) is 28.1. The van der Waals surface area contributed by atoms with E-state index in [2.05, 4.69) is 0 Å². The van der Waals surface area contributed by atoms with Gasteiger partial charge in [-0.15, -0.1) is 0 Å². The molecule has 204 valence electrons. The molecule has 8 heteroatoms. The third kappa shape index (κ3) is 5.69. The summed E-state index contributed by atoms with van der Waals surface area (Å²) in [6, 6.07) is 26.3. The molecule has 0 saturated heterocycles. The van der Waals surface area contributed by atoms with E-state index in [0.29, 0.717) is 34.0 Å². The topological polar surface area (TPSA) is 88.2 Å². The molecule has 0 spiro atoms. The van der Waals surface area contributed by atoms with Gasteiger partial charge in [-0.1, -0.05) is 54.9 Å². The van der Waals surface area contributed by atoms with Crippen LogP contribution in [0.1, 0.15) is 31.4 Å². The molecule has 0 fully saturated rings. The fourth-order valence-electron chi connectivity index (χ4n) is 4.58. The number of para-hydroxylation sites is 1. The fraction of sp³-hybridized carbons (Fsp3) is 0.152. The van der Waals surface area contributed by atoms with Crippen molar-refractivity contribution in [1.82, 2.24) is 14.7 Å². The summed E-state index contributed by atoms with van der Waals surface area (Å²) in [5.74, 6) is -0.394. The average molecular weight is 563 g/mol. The summed E-state index contributed by atoms with van der Waals surface area (Å²) < 4.78 is 7.48. The zero-order valence-electron chi connectivity index (χ0n) is 22.7. The van der Waals surface area contributed by atoms with E-state index >= 15 is 0 Å². The van der Waals surface area contributed by atoms with Crippen LogP contribution in [-0.4, -0.2) is 33.1 Å². The molecular formula is C33H27ClN4O3. The molecule has 2 heterocycles. The number of aromatic nitrogens is 2. The lowest BCUT2D eigenvalue weighted by Crippen LogP contribution is -2.42. The summed E-state index contributed by atoms with van der Waals surface area (Å²) >= 11 is 6.33. The molecule has 0 saturated carbocycles. The largest absolute Gasteiger partial charge is 0.494 e. The van der Waals surface area contributed by atoms with Crippen molar-refractivity contribution in [3.05, 3.63) is 118 Å². The molecule has 4 aromatic rings. The molecule has 7 nitrogen and oxygen atoms in total. The maximum Gasteiger partial charge on any atom is 0.271 e. The minimum atomic E-state index is -0.644. The first kappa shape index (κ1) is 27.6. The van der Waals surface area contributed by atoms with E-state index in [1.54, 1.807) is 41.9 Å². The minimum absolute atomic E-state index is 0.0531. The Kier molecular flexibility index (Phi) is 8.14. The van der Waals surface area contributed by atoms with Gasteiger partial charge in [-0.25, -0.2) is 4.68 Å². The van der Waals surface area contributed by atoms with Gasteiger partial charge in [0.15, 0.2) is 0 Å². The van der Waals surface area contributed by atoms with E-state index < -0.39 is 11.8 Å². The molecule has 0 unspecified atom stereocenters. The highest BCUT2D eigenvalue weighted by Crippen LogP contribution is 2.33. The number of nitrogens with zero attached hydrogens (tertiary/aromatic N) is 4. The number of rotatable bonds is 8. The first-order chi connectivity index (χ1) is 19.9. The Morgan fingerprint density at radius 1 is 0.976 bits per heavy atom. The number of carbonyl (C=O) groups is 2. The number of carbonyl (C=O) groups excluding carboxylic acids is 2. The molecule has 1 aliphatic rings. The van der Waals surface area contributed by atoms with Crippen LogP contribution in [0.25, 0.3) is 23.0 Å². The van der Waals surface area contributed by atoms with E-state index in [1.165, 1.54) is 0 Å². The number of nitriles is 1. The number of imide groups is 1. The first-order valence-corrected chi connectivity index (χ1v) is 13.6. The summed E-state index contributed by atoms with van der Waals surface area (Å²) in [6.45, 7) is 4.24. The van der Waals surface area contributed by atoms with Gasteiger partial charge >= 0.3 is 0 Å². The van der Waals surface area contributed by atoms with Crippen LogP contribution in [0.4, 0.5) is 0 Å². The smallest absolute Gasteiger partial charge is 0.271 e. The van der Waals surface area contributed by atoms with Crippen LogP contribution in [0, 0.1) is 11.3 Å². The molecule has 0 atom stereocenters. The highest BCUT2D eigenvalue weighted by Gasteiger charge is 2.36. The Bertz CT molecular complexity index is 1710. The van der Waals surface area contributed by atoms with E-state index in [0.717, 1.165) is 28.3 Å². The normalized spacial score (nSPS) is 14.5. The van der Waals surface area contributed by atoms with Crippen LogP contribution in [-0.2, 0) is 16.1 Å². The third-order valence-electron chi connectivity index (χ3n) is 6.78. The fourth-order valence-corrected chi connectivity index (χ4v) is 4.78. The number of benzene rings is 3. The average Bonchev–Trinajstić information content (AvgIpc) is 3.42. The molecular weight excluding hydrogens is 536 g/mol. The molecule has 2 amide bonds. The second-order valence-electron chi connectivity index (χ2n) is 9.54. The van der Waals surface area contributed by atoms with Crippen LogP contribution >= 0.6 is 11.6 Å². The maximum atomic E-state index is 13.8. The zero-order chi connectivity index (χ0) is 28.9. The molecule has 3 aromatic carbocycles. The Labute approximate surface area is 243 Å². The Morgan fingerprint density at radius 3 is 2.37 bits per heavy atom. The number of halogens is 1. The predicted octanol–water partition coefficient (Wildman–Crippen LogP) is 6.77. The van der Waals surface area contributed by atoms with Crippen LogP contribution in [0.2, 0.25) is 5.02 Å². The highest BCUT2D eigenvalue weighted by atomic mass is 35.5. The lowest BCUT2D eigenvalue weighted by atomic mass is 9.93. The van der Waals surface area contributed by atoms with E-state index in [9.17, 15) is 14.9 Å². The summed E-state index contributed by atoms with van der Waals surface area (Å²) in [5, 5.41) is 15.1. The van der Waals surface area contributed by atoms with Crippen molar-refractivity contribution < 1.29 is 14.3 Å². The van der Waals surface area contributed by atoms with Crippen molar-refractivity contribution in [2.45, 2.75) is 26.8 Å². The lowest BCUT2D eigenvalue weighted by molar-refractivity contribution is -0.141. The quantitative estimate of drug-likeness (QED) is 0.174. The number of ether oxygens (including phenoxy) is 1. The van der Waals surface area contributed by atoms with E-state index in [-0.39, 0.29) is 17.7 Å². The van der Waals surface area contributed by atoms with Crippen LogP contribution in [0.15, 0.2) is 102 Å². The number of amides is 2. The highest BCUT2D eigenvalue weighted by molar-refractivity contribution is 6.31. The van der Waals surface area contributed by atoms with Crippen molar-refractivity contribution in [1.29, 1.82) is 5.26 Å².